The van der Waals surface area contributed by atoms with E-state index >= 15 is 0 Å². The lowest BCUT2D eigenvalue weighted by atomic mass is 9.59. The summed E-state index contributed by atoms with van der Waals surface area (Å²) in [5, 5.41) is 3.71. The Kier molecular flexibility index (Phi) is 7.70. The minimum Gasteiger partial charge on any atom is -0.456 e. The van der Waals surface area contributed by atoms with Crippen LogP contribution in [0.5, 0.6) is 0 Å². The van der Waals surface area contributed by atoms with E-state index in [9.17, 15) is 0 Å². The Labute approximate surface area is 323 Å². The molecule has 10 rings (SSSR count). The monoisotopic (exact) mass is 690 g/mol. The van der Waals surface area contributed by atoms with E-state index < -0.39 is 0 Å². The van der Waals surface area contributed by atoms with Crippen LogP contribution in [0, 0.1) is 0 Å². The topological polar surface area (TPSA) is 56.7 Å². The summed E-state index contributed by atoms with van der Waals surface area (Å²) in [6.07, 6.45) is 0. The molecule has 7 aromatic carbocycles. The Morgan fingerprint density at radius 1 is 0.400 bits per heavy atom. The smallest absolute Gasteiger partial charge is 0.164 e. The summed E-state index contributed by atoms with van der Waals surface area (Å²) in [7, 11) is 32.3. The van der Waals surface area contributed by atoms with E-state index in [0.29, 0.717) is 28.6 Å². The highest BCUT2D eigenvalue weighted by Crippen LogP contribution is 2.43. The minimum absolute atomic E-state index is 0.174. The number of aromatic nitrogens is 4. The Hall–Kier alpha value is -6.53. The molecule has 0 unspecified atom stereocenters. The normalized spacial score (nSPS) is 11.6. The van der Waals surface area contributed by atoms with E-state index in [1.54, 1.807) is 0 Å². The standard InChI is InChI=1S/C45H23B5N4O/c46-38-36(39(47)41(49)42(50)40(38)48)27-17-9-20-30-34(27)26-16-7-8-19-29(26)54(30)31-21-11-23-33-37(31)35-28(18-10-22-32(35)55-33)45-52-43(24-12-3-1-4-13-24)51-44(53-45)25-14-5-2-6-15-25/h1-23H. The van der Waals surface area contributed by atoms with Crippen LogP contribution in [0.1, 0.15) is 0 Å². The SMILES string of the molecule is [B]c1c([B])c([B])c(-c2cccc3c2c2ccccc2n3-c2cccc3oc4cccc(-c5nc(-c6ccccc6)nc(-c6ccccc6)n5)c4c23)c([B])c1[B]. The van der Waals surface area contributed by atoms with Crippen molar-refractivity contribution in [2.45, 2.75) is 0 Å². The molecule has 0 atom stereocenters. The first-order valence-electron chi connectivity index (χ1n) is 17.7. The summed E-state index contributed by atoms with van der Waals surface area (Å²) in [4.78, 5) is 15.1. The van der Waals surface area contributed by atoms with Crippen molar-refractivity contribution in [3.63, 3.8) is 0 Å². The zero-order valence-corrected chi connectivity index (χ0v) is 29.4. The van der Waals surface area contributed by atoms with Crippen LogP contribution in [0.15, 0.2) is 144 Å². The second-order valence-corrected chi connectivity index (χ2v) is 13.5. The molecular formula is C45H23B5N4O. The Morgan fingerprint density at radius 2 is 0.909 bits per heavy atom. The predicted octanol–water partition coefficient (Wildman–Crippen LogP) is 5.51. The van der Waals surface area contributed by atoms with E-state index in [1.807, 2.05) is 115 Å². The molecule has 0 N–H and O–H groups in total. The number of fused-ring (bicyclic) bond motifs is 6. The molecule has 5 nitrogen and oxygen atoms in total. The average Bonchev–Trinajstić information content (AvgIpc) is 3.79. The van der Waals surface area contributed by atoms with Gasteiger partial charge in [-0.15, -0.1) is 16.4 Å². The van der Waals surface area contributed by atoms with Crippen molar-refractivity contribution in [1.82, 2.24) is 19.5 Å². The Morgan fingerprint density at radius 3 is 1.58 bits per heavy atom. The molecule has 0 saturated heterocycles. The van der Waals surface area contributed by atoms with Crippen LogP contribution in [-0.4, -0.2) is 58.8 Å². The highest BCUT2D eigenvalue weighted by atomic mass is 16.3. The molecular weight excluding hydrogens is 667 g/mol. The van der Waals surface area contributed by atoms with Crippen LogP contribution in [-0.2, 0) is 0 Å². The van der Waals surface area contributed by atoms with Gasteiger partial charge in [-0.3, -0.25) is 0 Å². The fourth-order valence-electron chi connectivity index (χ4n) is 7.78. The maximum Gasteiger partial charge on any atom is 0.164 e. The molecule has 0 aliphatic heterocycles. The van der Waals surface area contributed by atoms with Gasteiger partial charge in [-0.1, -0.05) is 120 Å². The van der Waals surface area contributed by atoms with Crippen molar-refractivity contribution in [3.8, 4) is 51.0 Å². The molecule has 244 valence electrons. The number of furan rings is 1. The largest absolute Gasteiger partial charge is 0.456 e. The number of hydrogen-bond acceptors (Lipinski definition) is 4. The molecule has 0 amide bonds. The van der Waals surface area contributed by atoms with Gasteiger partial charge in [-0.2, -0.15) is 0 Å². The molecule has 55 heavy (non-hydrogen) atoms. The van der Waals surface area contributed by atoms with Gasteiger partial charge in [0, 0.05) is 32.8 Å². The van der Waals surface area contributed by atoms with Crippen molar-refractivity contribution in [3.05, 3.63) is 140 Å². The van der Waals surface area contributed by atoms with E-state index in [1.165, 1.54) is 0 Å². The molecule has 10 heteroatoms. The van der Waals surface area contributed by atoms with Crippen molar-refractivity contribution < 1.29 is 4.42 Å². The van der Waals surface area contributed by atoms with Gasteiger partial charge < -0.3 is 8.98 Å². The lowest BCUT2D eigenvalue weighted by Crippen LogP contribution is -2.55. The van der Waals surface area contributed by atoms with E-state index in [4.69, 9.17) is 58.6 Å². The molecule has 10 radical (unpaired) electrons. The van der Waals surface area contributed by atoms with Crippen LogP contribution < -0.4 is 27.3 Å². The molecule has 3 aromatic heterocycles. The summed E-state index contributed by atoms with van der Waals surface area (Å²) < 4.78 is 8.86. The van der Waals surface area contributed by atoms with Gasteiger partial charge >= 0.3 is 0 Å². The quantitative estimate of drug-likeness (QED) is 0.224. The fraction of sp³-hybridized carbons (Fsp3) is 0. The zero-order valence-electron chi connectivity index (χ0n) is 29.4. The lowest BCUT2D eigenvalue weighted by molar-refractivity contribution is 0.669. The molecule has 0 aliphatic rings. The second-order valence-electron chi connectivity index (χ2n) is 13.5. The lowest BCUT2D eigenvalue weighted by Gasteiger charge is -2.22. The average molecular weight is 690 g/mol. The minimum atomic E-state index is 0.174. The number of benzene rings is 7. The van der Waals surface area contributed by atoms with Crippen LogP contribution in [0.3, 0.4) is 0 Å². The molecule has 0 fully saturated rings. The first-order chi connectivity index (χ1) is 26.9. The maximum absolute atomic E-state index is 6.65. The van der Waals surface area contributed by atoms with Gasteiger partial charge in [0.2, 0.25) is 0 Å². The highest BCUT2D eigenvalue weighted by molar-refractivity contribution is 6.69. The summed E-state index contributed by atoms with van der Waals surface area (Å²) >= 11 is 0. The molecule has 0 saturated carbocycles. The number of hydrogen-bond donors (Lipinski definition) is 0. The molecule has 10 aromatic rings. The summed E-state index contributed by atoms with van der Waals surface area (Å²) in [5.41, 5.74) is 9.29. The first-order valence-corrected chi connectivity index (χ1v) is 17.7. The van der Waals surface area contributed by atoms with Crippen LogP contribution >= 0.6 is 0 Å². The van der Waals surface area contributed by atoms with E-state index in [-0.39, 0.29) is 27.3 Å². The number of rotatable bonds is 5. The van der Waals surface area contributed by atoms with Crippen molar-refractivity contribution in [1.29, 1.82) is 0 Å². The highest BCUT2D eigenvalue weighted by Gasteiger charge is 2.24. The summed E-state index contributed by atoms with van der Waals surface area (Å²) in [6.45, 7) is 0. The Balaban J connectivity index is 1.28. The maximum atomic E-state index is 6.65. The summed E-state index contributed by atoms with van der Waals surface area (Å²) in [5.74, 6) is 1.68. The van der Waals surface area contributed by atoms with Gasteiger partial charge in [0.1, 0.15) is 50.4 Å². The molecule has 0 bridgehead atoms. The molecule has 0 spiro atoms. The third-order valence-corrected chi connectivity index (χ3v) is 10.3. The zero-order chi connectivity index (χ0) is 37.4. The van der Waals surface area contributed by atoms with Crippen LogP contribution in [0.4, 0.5) is 0 Å². The van der Waals surface area contributed by atoms with Crippen molar-refractivity contribution in [2.75, 3.05) is 0 Å². The second kappa shape index (κ2) is 12.8. The van der Waals surface area contributed by atoms with Gasteiger partial charge in [0.25, 0.3) is 0 Å². The predicted molar refractivity (Wildman–Crippen MR) is 230 cm³/mol. The third-order valence-electron chi connectivity index (χ3n) is 10.3. The van der Waals surface area contributed by atoms with Gasteiger partial charge in [0.05, 0.1) is 22.1 Å². The van der Waals surface area contributed by atoms with Gasteiger partial charge in [-0.25, -0.2) is 15.0 Å². The van der Waals surface area contributed by atoms with Crippen LogP contribution in [0.2, 0.25) is 0 Å². The van der Waals surface area contributed by atoms with E-state index in [0.717, 1.165) is 66.1 Å². The summed E-state index contributed by atoms with van der Waals surface area (Å²) in [6, 6.07) is 46.3. The van der Waals surface area contributed by atoms with Crippen LogP contribution in [0.25, 0.3) is 94.7 Å². The molecule has 3 heterocycles. The van der Waals surface area contributed by atoms with Gasteiger partial charge in [0.15, 0.2) is 17.5 Å². The Bertz CT molecular complexity index is 3070. The van der Waals surface area contributed by atoms with Gasteiger partial charge in [-0.05, 0) is 41.5 Å². The third kappa shape index (κ3) is 5.12. The number of nitrogens with zero attached hydrogens (tertiary/aromatic N) is 4. The van der Waals surface area contributed by atoms with Crippen molar-refractivity contribution in [2.24, 2.45) is 0 Å². The molecule has 0 aliphatic carbocycles. The van der Waals surface area contributed by atoms with E-state index in [2.05, 4.69) is 28.8 Å². The number of para-hydroxylation sites is 1. The van der Waals surface area contributed by atoms with Crippen molar-refractivity contribution >= 4 is 110 Å². The first kappa shape index (κ1) is 33.1. The fourth-order valence-corrected chi connectivity index (χ4v) is 7.78.